The number of benzene rings is 1. The Bertz CT molecular complexity index is 444. The van der Waals surface area contributed by atoms with Crippen molar-refractivity contribution < 1.29 is 4.79 Å². The van der Waals surface area contributed by atoms with E-state index in [4.69, 9.17) is 0 Å². The van der Waals surface area contributed by atoms with Crippen LogP contribution < -0.4 is 4.90 Å². The molecule has 96 valence electrons. The van der Waals surface area contributed by atoms with Gasteiger partial charge in [-0.05, 0) is 43.7 Å². The van der Waals surface area contributed by atoms with Crippen LogP contribution in [0.3, 0.4) is 0 Å². The van der Waals surface area contributed by atoms with Crippen LogP contribution in [0.25, 0.3) is 0 Å². The molecule has 2 aliphatic rings. The predicted molar refractivity (Wildman–Crippen MR) is 76.4 cm³/mol. The Labute approximate surface area is 113 Å². The van der Waals surface area contributed by atoms with E-state index in [9.17, 15) is 4.79 Å². The SMILES string of the molecule is CSc1cccc(N2C3CCCC2CC(=O)C3)c1. The highest BCUT2D eigenvalue weighted by Gasteiger charge is 2.37. The lowest BCUT2D eigenvalue weighted by atomic mass is 9.83. The van der Waals surface area contributed by atoms with Gasteiger partial charge in [-0.1, -0.05) is 6.07 Å². The zero-order valence-corrected chi connectivity index (χ0v) is 11.6. The monoisotopic (exact) mass is 261 g/mol. The molecular weight excluding hydrogens is 242 g/mol. The third-order valence-electron chi connectivity index (χ3n) is 4.14. The normalized spacial score (nSPS) is 27.4. The number of hydrogen-bond acceptors (Lipinski definition) is 3. The third-order valence-corrected chi connectivity index (χ3v) is 4.86. The van der Waals surface area contributed by atoms with E-state index >= 15 is 0 Å². The van der Waals surface area contributed by atoms with Gasteiger partial charge in [0.2, 0.25) is 0 Å². The van der Waals surface area contributed by atoms with E-state index in [1.807, 2.05) is 0 Å². The summed E-state index contributed by atoms with van der Waals surface area (Å²) in [7, 11) is 0. The van der Waals surface area contributed by atoms with E-state index in [-0.39, 0.29) is 0 Å². The summed E-state index contributed by atoms with van der Waals surface area (Å²) in [5.41, 5.74) is 1.31. The van der Waals surface area contributed by atoms with Gasteiger partial charge in [0.05, 0.1) is 0 Å². The molecule has 0 radical (unpaired) electrons. The number of hydrogen-bond donors (Lipinski definition) is 0. The van der Waals surface area contributed by atoms with Gasteiger partial charge in [-0.2, -0.15) is 0 Å². The first kappa shape index (κ1) is 12.1. The number of carbonyl (C=O) groups excluding carboxylic acids is 1. The summed E-state index contributed by atoms with van der Waals surface area (Å²) in [6.45, 7) is 0. The zero-order valence-electron chi connectivity index (χ0n) is 10.8. The highest BCUT2D eigenvalue weighted by Crippen LogP contribution is 2.37. The summed E-state index contributed by atoms with van der Waals surface area (Å²) >= 11 is 1.78. The summed E-state index contributed by atoms with van der Waals surface area (Å²) in [5.74, 6) is 0.460. The van der Waals surface area contributed by atoms with Crippen LogP contribution in [-0.4, -0.2) is 24.1 Å². The average molecular weight is 261 g/mol. The largest absolute Gasteiger partial charge is 0.365 e. The minimum Gasteiger partial charge on any atom is -0.365 e. The Hall–Kier alpha value is -0.960. The molecule has 2 bridgehead atoms. The van der Waals surface area contributed by atoms with Crippen molar-refractivity contribution in [3.05, 3.63) is 24.3 Å². The smallest absolute Gasteiger partial charge is 0.137 e. The van der Waals surface area contributed by atoms with Crippen LogP contribution in [-0.2, 0) is 4.79 Å². The number of carbonyl (C=O) groups is 1. The lowest BCUT2D eigenvalue weighted by molar-refractivity contribution is -0.121. The second kappa shape index (κ2) is 4.96. The molecule has 0 aromatic heterocycles. The van der Waals surface area contributed by atoms with Crippen molar-refractivity contribution in [3.8, 4) is 0 Å². The van der Waals surface area contributed by atoms with Gasteiger partial charge in [0.25, 0.3) is 0 Å². The number of thioether (sulfide) groups is 1. The van der Waals surface area contributed by atoms with Gasteiger partial charge in [0.1, 0.15) is 5.78 Å². The van der Waals surface area contributed by atoms with Gasteiger partial charge in [-0.3, -0.25) is 4.79 Å². The molecule has 0 N–H and O–H groups in total. The third kappa shape index (κ3) is 2.16. The molecule has 1 aromatic rings. The maximum atomic E-state index is 11.7. The van der Waals surface area contributed by atoms with Crippen LogP contribution in [0.1, 0.15) is 32.1 Å². The maximum absolute atomic E-state index is 11.7. The summed E-state index contributed by atoms with van der Waals surface area (Å²) in [6.07, 6.45) is 7.23. The molecular formula is C15H19NOS. The number of fused-ring (bicyclic) bond motifs is 2. The molecule has 3 heteroatoms. The van der Waals surface area contributed by atoms with Crippen LogP contribution in [0.15, 0.2) is 29.2 Å². The van der Waals surface area contributed by atoms with Gasteiger partial charge in [-0.25, -0.2) is 0 Å². The Balaban J connectivity index is 1.92. The van der Waals surface area contributed by atoms with Gasteiger partial charge in [-0.15, -0.1) is 11.8 Å². The Morgan fingerprint density at radius 3 is 2.61 bits per heavy atom. The minimum atomic E-state index is 0.446. The maximum Gasteiger partial charge on any atom is 0.137 e. The molecule has 0 saturated carbocycles. The lowest BCUT2D eigenvalue weighted by Crippen LogP contribution is -2.52. The highest BCUT2D eigenvalue weighted by molar-refractivity contribution is 7.98. The Morgan fingerprint density at radius 2 is 1.94 bits per heavy atom. The van der Waals surface area contributed by atoms with Gasteiger partial charge in [0, 0.05) is 35.5 Å². The average Bonchev–Trinajstić information content (AvgIpc) is 2.37. The summed E-state index contributed by atoms with van der Waals surface area (Å²) in [5, 5.41) is 0. The first-order valence-electron chi connectivity index (χ1n) is 6.72. The van der Waals surface area contributed by atoms with Crippen LogP contribution >= 0.6 is 11.8 Å². The predicted octanol–water partition coefficient (Wildman–Crippen LogP) is 3.50. The number of ketones is 1. The van der Waals surface area contributed by atoms with Gasteiger partial charge >= 0.3 is 0 Å². The van der Waals surface area contributed by atoms with E-state index in [1.54, 1.807) is 11.8 Å². The summed E-state index contributed by atoms with van der Waals surface area (Å²) < 4.78 is 0. The van der Waals surface area contributed by atoms with Crippen LogP contribution in [0.2, 0.25) is 0 Å². The topological polar surface area (TPSA) is 20.3 Å². The van der Waals surface area contributed by atoms with Crippen molar-refractivity contribution in [2.75, 3.05) is 11.2 Å². The van der Waals surface area contributed by atoms with Crippen LogP contribution in [0.5, 0.6) is 0 Å². The molecule has 0 aliphatic carbocycles. The molecule has 2 aliphatic heterocycles. The fourth-order valence-corrected chi connectivity index (χ4v) is 3.82. The van der Waals surface area contributed by atoms with Crippen LogP contribution in [0.4, 0.5) is 5.69 Å². The fourth-order valence-electron chi connectivity index (χ4n) is 3.37. The molecule has 2 atom stereocenters. The molecule has 2 nitrogen and oxygen atoms in total. The van der Waals surface area contributed by atoms with Crippen molar-refractivity contribution in [1.82, 2.24) is 0 Å². The fraction of sp³-hybridized carbons (Fsp3) is 0.533. The molecule has 2 saturated heterocycles. The van der Waals surface area contributed by atoms with Crippen molar-refractivity contribution in [3.63, 3.8) is 0 Å². The van der Waals surface area contributed by atoms with E-state index in [0.29, 0.717) is 17.9 Å². The minimum absolute atomic E-state index is 0.446. The van der Waals surface area contributed by atoms with Gasteiger partial charge < -0.3 is 4.90 Å². The van der Waals surface area contributed by atoms with Crippen molar-refractivity contribution in [1.29, 1.82) is 0 Å². The Morgan fingerprint density at radius 1 is 1.22 bits per heavy atom. The first-order chi connectivity index (χ1) is 8.78. The van der Waals surface area contributed by atoms with Gasteiger partial charge in [0.15, 0.2) is 0 Å². The molecule has 3 rings (SSSR count). The lowest BCUT2D eigenvalue weighted by Gasteiger charge is -2.47. The Kier molecular flexibility index (Phi) is 3.33. The quantitative estimate of drug-likeness (QED) is 0.760. The number of Topliss-reactive ketones (excluding diaryl/α,β-unsaturated/α-hetero) is 1. The van der Waals surface area contributed by atoms with E-state index < -0.39 is 0 Å². The zero-order chi connectivity index (χ0) is 12.5. The molecule has 18 heavy (non-hydrogen) atoms. The van der Waals surface area contributed by atoms with Crippen molar-refractivity contribution >= 4 is 23.2 Å². The van der Waals surface area contributed by atoms with E-state index in [1.165, 1.54) is 29.8 Å². The van der Waals surface area contributed by atoms with Crippen molar-refractivity contribution in [2.45, 2.75) is 49.1 Å². The molecule has 1 aromatic carbocycles. The molecule has 2 fully saturated rings. The van der Waals surface area contributed by atoms with E-state index in [0.717, 1.165) is 12.8 Å². The number of nitrogens with zero attached hydrogens (tertiary/aromatic N) is 1. The second-order valence-corrected chi connectivity index (χ2v) is 6.17. The standard InChI is InChI=1S/C15H19NOS/c1-18-15-7-3-6-13(10-15)16-11-4-2-5-12(16)9-14(17)8-11/h3,6-7,10-12H,2,4-5,8-9H2,1H3. The summed E-state index contributed by atoms with van der Waals surface area (Å²) in [6, 6.07) is 9.64. The molecule has 2 unspecified atom stereocenters. The van der Waals surface area contributed by atoms with Crippen molar-refractivity contribution in [2.24, 2.45) is 0 Å². The summed E-state index contributed by atoms with van der Waals surface area (Å²) in [4.78, 5) is 15.6. The first-order valence-corrected chi connectivity index (χ1v) is 7.94. The number of anilines is 1. The number of piperidine rings is 2. The number of rotatable bonds is 2. The molecule has 0 amide bonds. The molecule has 0 spiro atoms. The van der Waals surface area contributed by atoms with Crippen LogP contribution in [0, 0.1) is 0 Å². The highest BCUT2D eigenvalue weighted by atomic mass is 32.2. The molecule has 2 heterocycles. The second-order valence-electron chi connectivity index (χ2n) is 5.29. The van der Waals surface area contributed by atoms with E-state index in [2.05, 4.69) is 35.4 Å².